The third kappa shape index (κ3) is 4.93. The second-order valence-electron chi connectivity index (χ2n) is 5.20. The van der Waals surface area contributed by atoms with Gasteiger partial charge in [0, 0.05) is 31.5 Å². The average Bonchev–Trinajstić information content (AvgIpc) is 2.68. The van der Waals surface area contributed by atoms with Crippen molar-refractivity contribution in [2.75, 3.05) is 39.8 Å². The number of carbonyl (C=O) groups excluding carboxylic acids is 2. The Hall–Kier alpha value is -3.13. The van der Waals surface area contributed by atoms with Crippen LogP contribution in [0.1, 0.15) is 20.8 Å². The molecule has 2 aromatic rings. The number of pyridine rings is 1. The lowest BCUT2D eigenvalue weighted by atomic mass is 10.2. The van der Waals surface area contributed by atoms with Crippen molar-refractivity contribution < 1.29 is 23.8 Å². The number of hydrogen-bond donors (Lipinski definition) is 2. The molecule has 0 aliphatic heterocycles. The van der Waals surface area contributed by atoms with Crippen LogP contribution in [0.5, 0.6) is 11.5 Å². The minimum atomic E-state index is -0.469. The van der Waals surface area contributed by atoms with Gasteiger partial charge in [-0.15, -0.1) is 0 Å². The van der Waals surface area contributed by atoms with Gasteiger partial charge in [-0.05, 0) is 24.3 Å². The Morgan fingerprint density at radius 3 is 2.54 bits per heavy atom. The highest BCUT2D eigenvalue weighted by atomic mass is 16.5. The van der Waals surface area contributed by atoms with Gasteiger partial charge in [-0.1, -0.05) is 0 Å². The SMILES string of the molecule is COCCNC(=O)c1ccnc(C(=O)Nc2cc(OC)ccc2OC)c1. The van der Waals surface area contributed by atoms with E-state index in [-0.39, 0.29) is 11.6 Å². The molecule has 1 heterocycles. The van der Waals surface area contributed by atoms with Crippen molar-refractivity contribution in [1.29, 1.82) is 0 Å². The highest BCUT2D eigenvalue weighted by Crippen LogP contribution is 2.29. The van der Waals surface area contributed by atoms with Crippen molar-refractivity contribution in [2.45, 2.75) is 0 Å². The number of amides is 2. The van der Waals surface area contributed by atoms with Crippen LogP contribution in [0, 0.1) is 0 Å². The van der Waals surface area contributed by atoms with E-state index in [1.165, 1.54) is 32.5 Å². The molecule has 0 bridgehead atoms. The van der Waals surface area contributed by atoms with Crippen molar-refractivity contribution in [3.05, 3.63) is 47.8 Å². The molecule has 8 nitrogen and oxygen atoms in total. The number of aromatic nitrogens is 1. The molecule has 0 aliphatic carbocycles. The van der Waals surface area contributed by atoms with E-state index in [0.29, 0.717) is 35.9 Å². The quantitative estimate of drug-likeness (QED) is 0.697. The molecular formula is C18H21N3O5. The number of ether oxygens (including phenoxy) is 3. The van der Waals surface area contributed by atoms with Gasteiger partial charge in [0.2, 0.25) is 0 Å². The van der Waals surface area contributed by atoms with Gasteiger partial charge in [0.05, 0.1) is 26.5 Å². The second kappa shape index (κ2) is 9.38. The summed E-state index contributed by atoms with van der Waals surface area (Å²) < 4.78 is 15.3. The van der Waals surface area contributed by atoms with Crippen LogP contribution in [-0.2, 0) is 4.74 Å². The smallest absolute Gasteiger partial charge is 0.274 e. The molecule has 0 fully saturated rings. The summed E-state index contributed by atoms with van der Waals surface area (Å²) in [5, 5.41) is 5.40. The number of nitrogens with one attached hydrogen (secondary N) is 2. The van der Waals surface area contributed by atoms with Gasteiger partial charge < -0.3 is 24.8 Å². The maximum absolute atomic E-state index is 12.5. The monoisotopic (exact) mass is 359 g/mol. The number of methoxy groups -OCH3 is 3. The number of nitrogens with zero attached hydrogens (tertiary/aromatic N) is 1. The third-order valence-electron chi connectivity index (χ3n) is 3.50. The van der Waals surface area contributed by atoms with E-state index in [1.807, 2.05) is 0 Å². The Bertz CT molecular complexity index is 779. The molecule has 0 saturated heterocycles. The normalized spacial score (nSPS) is 10.1. The van der Waals surface area contributed by atoms with E-state index in [0.717, 1.165) is 0 Å². The first-order valence-corrected chi connectivity index (χ1v) is 7.85. The molecule has 26 heavy (non-hydrogen) atoms. The lowest BCUT2D eigenvalue weighted by Gasteiger charge is -2.12. The lowest BCUT2D eigenvalue weighted by molar-refractivity contribution is 0.0937. The third-order valence-corrected chi connectivity index (χ3v) is 3.50. The summed E-state index contributed by atoms with van der Waals surface area (Å²) in [6.45, 7) is 0.778. The van der Waals surface area contributed by atoms with Crippen LogP contribution in [0.3, 0.4) is 0 Å². The Labute approximate surface area is 151 Å². The first-order chi connectivity index (χ1) is 12.6. The Morgan fingerprint density at radius 1 is 1.04 bits per heavy atom. The van der Waals surface area contributed by atoms with Crippen molar-refractivity contribution in [1.82, 2.24) is 10.3 Å². The van der Waals surface area contributed by atoms with Gasteiger partial charge in [-0.25, -0.2) is 0 Å². The molecule has 1 aromatic heterocycles. The predicted octanol–water partition coefficient (Wildman–Crippen LogP) is 1.73. The van der Waals surface area contributed by atoms with Crippen LogP contribution < -0.4 is 20.1 Å². The van der Waals surface area contributed by atoms with Crippen LogP contribution in [-0.4, -0.2) is 51.3 Å². The fourth-order valence-electron chi connectivity index (χ4n) is 2.16. The number of carbonyl (C=O) groups is 2. The molecule has 8 heteroatoms. The van der Waals surface area contributed by atoms with Crippen molar-refractivity contribution in [2.24, 2.45) is 0 Å². The van der Waals surface area contributed by atoms with Gasteiger partial charge >= 0.3 is 0 Å². The van der Waals surface area contributed by atoms with Crippen LogP contribution in [0.25, 0.3) is 0 Å². The Morgan fingerprint density at radius 2 is 1.85 bits per heavy atom. The molecule has 138 valence electrons. The zero-order chi connectivity index (χ0) is 18.9. The minimum absolute atomic E-state index is 0.106. The first kappa shape index (κ1) is 19.2. The van der Waals surface area contributed by atoms with E-state index >= 15 is 0 Å². The summed E-state index contributed by atoms with van der Waals surface area (Å²) in [5.41, 5.74) is 0.877. The van der Waals surface area contributed by atoms with E-state index in [2.05, 4.69) is 15.6 Å². The standard InChI is InChI=1S/C18H21N3O5/c1-24-9-8-20-17(22)12-6-7-19-15(10-12)18(23)21-14-11-13(25-2)4-5-16(14)26-3/h4-7,10-11H,8-9H2,1-3H3,(H,20,22)(H,21,23). The minimum Gasteiger partial charge on any atom is -0.497 e. The summed E-state index contributed by atoms with van der Waals surface area (Å²) in [5.74, 6) is 0.272. The number of anilines is 1. The predicted molar refractivity (Wildman–Crippen MR) is 95.9 cm³/mol. The molecule has 0 saturated carbocycles. The summed E-state index contributed by atoms with van der Waals surface area (Å²) >= 11 is 0. The fraction of sp³-hybridized carbons (Fsp3) is 0.278. The van der Waals surface area contributed by atoms with E-state index < -0.39 is 5.91 Å². The van der Waals surface area contributed by atoms with E-state index in [4.69, 9.17) is 14.2 Å². The molecule has 0 spiro atoms. The number of hydrogen-bond acceptors (Lipinski definition) is 6. The van der Waals surface area contributed by atoms with Crippen LogP contribution in [0.2, 0.25) is 0 Å². The summed E-state index contributed by atoms with van der Waals surface area (Å²) in [6.07, 6.45) is 1.41. The number of benzene rings is 1. The molecule has 2 N–H and O–H groups in total. The highest BCUT2D eigenvalue weighted by Gasteiger charge is 2.14. The molecule has 2 rings (SSSR count). The van der Waals surface area contributed by atoms with Crippen molar-refractivity contribution in [3.63, 3.8) is 0 Å². The molecule has 0 unspecified atom stereocenters. The molecule has 0 atom stereocenters. The lowest BCUT2D eigenvalue weighted by Crippen LogP contribution is -2.27. The summed E-state index contributed by atoms with van der Waals surface area (Å²) in [6, 6.07) is 7.99. The second-order valence-corrected chi connectivity index (χ2v) is 5.20. The van der Waals surface area contributed by atoms with Crippen LogP contribution in [0.15, 0.2) is 36.5 Å². The van der Waals surface area contributed by atoms with Gasteiger partial charge in [0.1, 0.15) is 17.2 Å². The maximum atomic E-state index is 12.5. The molecule has 0 aliphatic rings. The molecule has 2 amide bonds. The van der Waals surface area contributed by atoms with Gasteiger partial charge in [-0.3, -0.25) is 14.6 Å². The van der Waals surface area contributed by atoms with E-state index in [9.17, 15) is 9.59 Å². The number of rotatable bonds is 8. The Balaban J connectivity index is 2.15. The van der Waals surface area contributed by atoms with Gasteiger partial charge in [-0.2, -0.15) is 0 Å². The highest BCUT2D eigenvalue weighted by molar-refractivity contribution is 6.05. The first-order valence-electron chi connectivity index (χ1n) is 7.85. The zero-order valence-corrected chi connectivity index (χ0v) is 14.9. The molecular weight excluding hydrogens is 338 g/mol. The summed E-state index contributed by atoms with van der Waals surface area (Å²) in [4.78, 5) is 28.6. The van der Waals surface area contributed by atoms with Gasteiger partial charge in [0.25, 0.3) is 11.8 Å². The van der Waals surface area contributed by atoms with Crippen molar-refractivity contribution in [3.8, 4) is 11.5 Å². The van der Waals surface area contributed by atoms with Crippen LogP contribution in [0.4, 0.5) is 5.69 Å². The summed E-state index contributed by atoms with van der Waals surface area (Å²) in [7, 11) is 4.58. The van der Waals surface area contributed by atoms with E-state index in [1.54, 1.807) is 25.3 Å². The Kier molecular flexibility index (Phi) is 6.92. The maximum Gasteiger partial charge on any atom is 0.274 e. The fourth-order valence-corrected chi connectivity index (χ4v) is 2.16. The molecule has 1 aromatic carbocycles. The average molecular weight is 359 g/mol. The largest absolute Gasteiger partial charge is 0.497 e. The van der Waals surface area contributed by atoms with Gasteiger partial charge in [0.15, 0.2) is 0 Å². The zero-order valence-electron chi connectivity index (χ0n) is 14.9. The van der Waals surface area contributed by atoms with Crippen LogP contribution >= 0.6 is 0 Å². The van der Waals surface area contributed by atoms with Crippen molar-refractivity contribution >= 4 is 17.5 Å². The molecule has 0 radical (unpaired) electrons. The topological polar surface area (TPSA) is 98.8 Å².